The number of carbonyl (C=O) groups is 1. The lowest BCUT2D eigenvalue weighted by atomic mass is 10.2. The van der Waals surface area contributed by atoms with Crippen LogP contribution in [-0.4, -0.2) is 37.0 Å². The molecule has 0 aliphatic rings. The molecule has 0 aliphatic heterocycles. The van der Waals surface area contributed by atoms with Gasteiger partial charge in [0, 0.05) is 4.92 Å². The molecule has 18 heavy (non-hydrogen) atoms. The normalized spacial score (nSPS) is 10.9. The summed E-state index contributed by atoms with van der Waals surface area (Å²) < 4.78 is 35.4. The number of rotatable bonds is 5. The topological polar surface area (TPSA) is 124 Å². The first-order valence-corrected chi connectivity index (χ1v) is 6.12. The first-order valence-electron chi connectivity index (χ1n) is 4.68. The molecule has 0 bridgehead atoms. The molecule has 1 rings (SSSR count). The summed E-state index contributed by atoms with van der Waals surface area (Å²) in [7, 11) is -4.55. The van der Waals surface area contributed by atoms with Gasteiger partial charge in [0.2, 0.25) is 6.54 Å². The van der Waals surface area contributed by atoms with Crippen LogP contribution in [0.5, 0.6) is 0 Å². The average Bonchev–Trinajstić information content (AvgIpc) is 2.27. The van der Waals surface area contributed by atoms with E-state index in [-0.39, 0.29) is 5.56 Å². The second-order valence-corrected chi connectivity index (χ2v) is 4.55. The summed E-state index contributed by atoms with van der Waals surface area (Å²) in [5.41, 5.74) is -0.372. The Kier molecular flexibility index (Phi) is 4.34. The van der Waals surface area contributed by atoms with Gasteiger partial charge in [-0.05, 0) is 12.1 Å². The Morgan fingerprint density at radius 2 is 2.00 bits per heavy atom. The lowest BCUT2D eigenvalue weighted by Crippen LogP contribution is -2.16. The Hall–Kier alpha value is -2.00. The molecular weight excluding hydrogens is 266 g/mol. The van der Waals surface area contributed by atoms with Crippen molar-refractivity contribution in [2.24, 2.45) is 0 Å². The molecule has 0 saturated carbocycles. The number of carbonyl (C=O) groups excluding carboxylic acids is 1. The summed E-state index contributed by atoms with van der Waals surface area (Å²) in [5, 5.41) is 10.0. The highest BCUT2D eigenvalue weighted by molar-refractivity contribution is 7.86. The fourth-order valence-electron chi connectivity index (χ4n) is 1.15. The number of esters is 1. The van der Waals surface area contributed by atoms with Gasteiger partial charge < -0.3 is 4.74 Å². The maximum absolute atomic E-state index is 11.5. The predicted molar refractivity (Wildman–Crippen MR) is 58.4 cm³/mol. The second-order valence-electron chi connectivity index (χ2n) is 3.16. The van der Waals surface area contributed by atoms with Gasteiger partial charge in [0.25, 0.3) is 10.1 Å². The van der Waals surface area contributed by atoms with Crippen molar-refractivity contribution < 1.29 is 27.4 Å². The number of nitro groups is 1. The van der Waals surface area contributed by atoms with Crippen LogP contribution in [0.2, 0.25) is 0 Å². The number of hydrogen-bond acceptors (Lipinski definition) is 6. The maximum Gasteiger partial charge on any atom is 0.339 e. The van der Waals surface area contributed by atoms with Crippen molar-refractivity contribution >= 4 is 16.1 Å². The molecule has 0 amide bonds. The van der Waals surface area contributed by atoms with Crippen LogP contribution in [-0.2, 0) is 14.9 Å². The largest absolute Gasteiger partial charge is 0.455 e. The van der Waals surface area contributed by atoms with Crippen LogP contribution in [0.1, 0.15) is 10.4 Å². The maximum atomic E-state index is 11.5. The minimum Gasteiger partial charge on any atom is -0.455 e. The van der Waals surface area contributed by atoms with Crippen LogP contribution in [0.3, 0.4) is 0 Å². The summed E-state index contributed by atoms with van der Waals surface area (Å²) in [5.74, 6) is -1.05. The van der Waals surface area contributed by atoms with E-state index in [1.165, 1.54) is 12.1 Å². The fourth-order valence-corrected chi connectivity index (χ4v) is 1.83. The first kappa shape index (κ1) is 14.1. The Morgan fingerprint density at radius 1 is 1.39 bits per heavy atom. The minimum absolute atomic E-state index is 0.372. The van der Waals surface area contributed by atoms with Gasteiger partial charge in [-0.3, -0.25) is 14.7 Å². The number of ether oxygens (including phenoxy) is 1. The molecule has 0 unspecified atom stereocenters. The van der Waals surface area contributed by atoms with Crippen molar-refractivity contribution in [2.75, 3.05) is 13.2 Å². The van der Waals surface area contributed by atoms with Gasteiger partial charge in [0.1, 0.15) is 4.90 Å². The highest BCUT2D eigenvalue weighted by atomic mass is 32.2. The van der Waals surface area contributed by atoms with Crippen molar-refractivity contribution in [3.8, 4) is 0 Å². The van der Waals surface area contributed by atoms with Crippen molar-refractivity contribution in [3.63, 3.8) is 0 Å². The predicted octanol–water partition coefficient (Wildman–Crippen LogP) is 0.367. The van der Waals surface area contributed by atoms with Gasteiger partial charge in [-0.2, -0.15) is 8.42 Å². The summed E-state index contributed by atoms with van der Waals surface area (Å²) in [4.78, 5) is 20.2. The second kappa shape index (κ2) is 5.56. The van der Waals surface area contributed by atoms with E-state index >= 15 is 0 Å². The molecule has 0 aromatic heterocycles. The third-order valence-electron chi connectivity index (χ3n) is 1.89. The van der Waals surface area contributed by atoms with E-state index in [1.807, 2.05) is 0 Å². The monoisotopic (exact) mass is 275 g/mol. The Morgan fingerprint density at radius 3 is 2.56 bits per heavy atom. The molecule has 0 saturated heterocycles. The number of nitrogens with zero attached hydrogens (tertiary/aromatic N) is 1. The zero-order valence-corrected chi connectivity index (χ0v) is 9.79. The Balaban J connectivity index is 2.90. The Bertz CT molecular complexity index is 566. The average molecular weight is 275 g/mol. The van der Waals surface area contributed by atoms with Gasteiger partial charge in [0.15, 0.2) is 6.61 Å². The zero-order valence-electron chi connectivity index (χ0n) is 8.98. The number of benzene rings is 1. The standard InChI is InChI=1S/C9H9NO7S/c11-9(17-6-5-10(12)13)7-3-1-2-4-8(7)18(14,15)16/h1-4H,5-6H2,(H,14,15,16). The van der Waals surface area contributed by atoms with E-state index in [0.29, 0.717) is 0 Å². The van der Waals surface area contributed by atoms with Crippen LogP contribution in [0, 0.1) is 10.1 Å². The fraction of sp³-hybridized carbons (Fsp3) is 0.222. The molecule has 98 valence electrons. The molecule has 1 N–H and O–H groups in total. The molecule has 0 spiro atoms. The van der Waals surface area contributed by atoms with Crippen molar-refractivity contribution in [3.05, 3.63) is 39.9 Å². The number of hydrogen-bond donors (Lipinski definition) is 1. The molecule has 8 nitrogen and oxygen atoms in total. The molecule has 0 radical (unpaired) electrons. The quantitative estimate of drug-likeness (QED) is 0.356. The summed E-state index contributed by atoms with van der Waals surface area (Å²) in [6, 6.07) is 4.85. The van der Waals surface area contributed by atoms with E-state index in [9.17, 15) is 23.3 Å². The van der Waals surface area contributed by atoms with Gasteiger partial charge >= 0.3 is 5.97 Å². The molecule has 9 heteroatoms. The van der Waals surface area contributed by atoms with Crippen molar-refractivity contribution in [1.29, 1.82) is 0 Å². The van der Waals surface area contributed by atoms with E-state index in [1.54, 1.807) is 0 Å². The molecule has 0 aliphatic carbocycles. The van der Waals surface area contributed by atoms with E-state index < -0.39 is 39.1 Å². The van der Waals surface area contributed by atoms with Gasteiger partial charge in [-0.15, -0.1) is 0 Å². The van der Waals surface area contributed by atoms with Crippen LogP contribution in [0.15, 0.2) is 29.2 Å². The van der Waals surface area contributed by atoms with Gasteiger partial charge in [-0.25, -0.2) is 4.79 Å². The molecular formula is C9H9NO7S. The molecule has 1 aromatic carbocycles. The third-order valence-corrected chi connectivity index (χ3v) is 2.80. The van der Waals surface area contributed by atoms with Crippen LogP contribution in [0.4, 0.5) is 0 Å². The molecule has 0 atom stereocenters. The smallest absolute Gasteiger partial charge is 0.339 e. The lowest BCUT2D eigenvalue weighted by Gasteiger charge is -2.05. The van der Waals surface area contributed by atoms with Crippen LogP contribution >= 0.6 is 0 Å². The summed E-state index contributed by atoms with van der Waals surface area (Å²) in [6.07, 6.45) is 0. The molecule has 0 fully saturated rings. The minimum atomic E-state index is -4.55. The van der Waals surface area contributed by atoms with Crippen molar-refractivity contribution in [1.82, 2.24) is 0 Å². The highest BCUT2D eigenvalue weighted by Crippen LogP contribution is 2.15. The van der Waals surface area contributed by atoms with Gasteiger partial charge in [0.05, 0.1) is 5.56 Å². The van der Waals surface area contributed by atoms with Crippen LogP contribution < -0.4 is 0 Å². The SMILES string of the molecule is O=C(OCC[N+](=O)[O-])c1ccccc1S(=O)(=O)O. The first-order chi connectivity index (χ1) is 8.32. The van der Waals surface area contributed by atoms with E-state index in [2.05, 4.69) is 4.74 Å². The lowest BCUT2D eigenvalue weighted by molar-refractivity contribution is -0.482. The summed E-state index contributed by atoms with van der Waals surface area (Å²) >= 11 is 0. The Labute approximate surface area is 102 Å². The van der Waals surface area contributed by atoms with E-state index in [0.717, 1.165) is 12.1 Å². The zero-order chi connectivity index (χ0) is 13.8. The third kappa shape index (κ3) is 3.79. The summed E-state index contributed by atoms with van der Waals surface area (Å²) in [6.45, 7) is -1.06. The van der Waals surface area contributed by atoms with Crippen molar-refractivity contribution in [2.45, 2.75) is 4.90 Å². The van der Waals surface area contributed by atoms with E-state index in [4.69, 9.17) is 4.55 Å². The van der Waals surface area contributed by atoms with Crippen LogP contribution in [0.25, 0.3) is 0 Å². The molecule has 1 aromatic rings. The molecule has 0 heterocycles. The highest BCUT2D eigenvalue weighted by Gasteiger charge is 2.21. The van der Waals surface area contributed by atoms with Gasteiger partial charge in [-0.1, -0.05) is 12.1 Å².